The maximum atomic E-state index is 13.8. The number of esters is 1. The van der Waals surface area contributed by atoms with Crippen molar-refractivity contribution in [2.45, 2.75) is 52.7 Å². The van der Waals surface area contributed by atoms with Crippen LogP contribution in [0.2, 0.25) is 0 Å². The van der Waals surface area contributed by atoms with Gasteiger partial charge < -0.3 is 9.84 Å². The van der Waals surface area contributed by atoms with Crippen molar-refractivity contribution in [1.82, 2.24) is 0 Å². The minimum absolute atomic E-state index is 0.629. The van der Waals surface area contributed by atoms with Gasteiger partial charge in [0.1, 0.15) is 11.5 Å². The minimum atomic E-state index is -2.24. The Morgan fingerprint density at radius 3 is 1.83 bits per heavy atom. The Morgan fingerprint density at radius 1 is 0.833 bits per heavy atom. The molecule has 8 heteroatoms. The maximum absolute atomic E-state index is 13.8. The van der Waals surface area contributed by atoms with Crippen LogP contribution in [0.5, 0.6) is 0 Å². The van der Waals surface area contributed by atoms with Gasteiger partial charge in [-0.25, -0.2) is 0 Å². The van der Waals surface area contributed by atoms with E-state index in [1.54, 1.807) is 38.2 Å². The molecule has 8 nitrogen and oxygen atoms in total. The van der Waals surface area contributed by atoms with Crippen LogP contribution in [0, 0.1) is 35.0 Å². The van der Waals surface area contributed by atoms with E-state index in [2.05, 4.69) is 0 Å². The monoisotopic (exact) mass is 496 g/mol. The van der Waals surface area contributed by atoms with Crippen molar-refractivity contribution in [3.8, 4) is 0 Å². The van der Waals surface area contributed by atoms with Gasteiger partial charge in [-0.1, -0.05) is 36.5 Å². The van der Waals surface area contributed by atoms with Gasteiger partial charge in [-0.05, 0) is 53.7 Å². The maximum Gasteiger partial charge on any atom is 0.317 e. The number of aliphatic hydroxyl groups is 1. The van der Waals surface area contributed by atoms with Crippen LogP contribution in [0.15, 0.2) is 48.6 Å². The molecule has 1 aliphatic heterocycles. The molecule has 4 aliphatic rings. The topological polar surface area (TPSA) is 132 Å². The summed E-state index contributed by atoms with van der Waals surface area (Å²) in [4.78, 5) is 80.1. The normalized spacial score (nSPS) is 40.9. The molecule has 1 N–H and O–H groups in total. The summed E-state index contributed by atoms with van der Waals surface area (Å²) in [5.41, 5.74) is -6.31. The number of ether oxygens (including phenoxy) is 1. The lowest BCUT2D eigenvalue weighted by molar-refractivity contribution is -0.219. The molecule has 4 fully saturated rings. The molecule has 192 valence electrons. The quantitative estimate of drug-likeness (QED) is 0.246. The highest BCUT2D eigenvalue weighted by Crippen LogP contribution is 2.63. The second kappa shape index (κ2) is 9.32. The smallest absolute Gasteiger partial charge is 0.317 e. The zero-order valence-corrected chi connectivity index (χ0v) is 21.3. The average Bonchev–Trinajstić information content (AvgIpc) is 3.01. The molecule has 1 saturated heterocycles. The summed E-state index contributed by atoms with van der Waals surface area (Å²) in [5, 5.41) is 11.5. The minimum Gasteiger partial charge on any atom is -0.450 e. The van der Waals surface area contributed by atoms with Crippen LogP contribution in [0.25, 0.3) is 0 Å². The van der Waals surface area contributed by atoms with Gasteiger partial charge in [0.25, 0.3) is 0 Å². The summed E-state index contributed by atoms with van der Waals surface area (Å²) in [7, 11) is 0. The van der Waals surface area contributed by atoms with Gasteiger partial charge in [-0.2, -0.15) is 0 Å². The van der Waals surface area contributed by atoms with Crippen LogP contribution < -0.4 is 0 Å². The first kappa shape index (κ1) is 27.3. The molecule has 3 saturated carbocycles. The van der Waals surface area contributed by atoms with Gasteiger partial charge >= 0.3 is 5.97 Å². The summed E-state index contributed by atoms with van der Waals surface area (Å²) in [5.74, 6) is -11.3. The van der Waals surface area contributed by atoms with Crippen molar-refractivity contribution in [1.29, 1.82) is 0 Å². The number of hydrogen-bond donors (Lipinski definition) is 1. The number of hydrogen-bond acceptors (Lipinski definition) is 8. The number of cyclic esters (lactones) is 1. The Hall–Kier alpha value is -3.26. The number of carbonyl (C=O) groups is 6. The lowest BCUT2D eigenvalue weighted by atomic mass is 9.39. The zero-order chi connectivity index (χ0) is 27.2. The van der Waals surface area contributed by atoms with Crippen LogP contribution >= 0.6 is 0 Å². The molecule has 2 bridgehead atoms. The highest BCUT2D eigenvalue weighted by molar-refractivity contribution is 6.25. The molecule has 36 heavy (non-hydrogen) atoms. The van der Waals surface area contributed by atoms with Gasteiger partial charge in [-0.15, -0.1) is 0 Å². The fourth-order valence-electron chi connectivity index (χ4n) is 6.29. The largest absolute Gasteiger partial charge is 0.450 e. The van der Waals surface area contributed by atoms with Crippen molar-refractivity contribution >= 4 is 34.9 Å². The number of Topliss-reactive ketones (excluding diaryl/α,β-unsaturated/α-hetero) is 3. The Balaban J connectivity index is 2.33. The van der Waals surface area contributed by atoms with Crippen LogP contribution in [0.3, 0.4) is 0 Å². The number of carbonyl (C=O) groups excluding carboxylic acids is 6. The Labute approximate surface area is 210 Å². The van der Waals surface area contributed by atoms with E-state index >= 15 is 0 Å². The summed E-state index contributed by atoms with van der Waals surface area (Å²) < 4.78 is 5.55. The second-order valence-corrected chi connectivity index (χ2v) is 10.2. The van der Waals surface area contributed by atoms with E-state index in [-0.39, 0.29) is 0 Å². The van der Waals surface area contributed by atoms with Crippen LogP contribution in [0.1, 0.15) is 41.5 Å². The molecule has 0 amide bonds. The van der Waals surface area contributed by atoms with Crippen molar-refractivity contribution in [2.24, 2.45) is 35.0 Å². The first-order valence-electron chi connectivity index (χ1n) is 12.0. The summed E-state index contributed by atoms with van der Waals surface area (Å²) in [6.45, 7) is 8.62. The van der Waals surface area contributed by atoms with E-state index in [0.29, 0.717) is 0 Å². The lowest BCUT2D eigenvalue weighted by Gasteiger charge is -2.62. The Kier molecular flexibility index (Phi) is 7.07. The molecule has 3 aliphatic carbocycles. The standard InChI is InChI=1S/C28H32O8/c1-7-9-11-13-16(29)18-20-21(28(6)22(31)15(3)24(33)36-28)19(17(30)14-12-10-8-2)26(4,23(18)32)25(34)27(20,5)35/h7-15,18-21,35H,1-6H3/b9-7+,10-8+,13-11+,14-12+/t15?,18?,19-,20-,21-,26-,27?,28+/m1/s1. The van der Waals surface area contributed by atoms with E-state index < -0.39 is 81.1 Å². The highest BCUT2D eigenvalue weighted by Gasteiger charge is 2.79. The molecule has 8 atom stereocenters. The molecule has 4 rings (SSSR count). The summed E-state index contributed by atoms with van der Waals surface area (Å²) in [6.07, 6.45) is 11.7. The van der Waals surface area contributed by atoms with Gasteiger partial charge in [0.15, 0.2) is 34.5 Å². The fraction of sp³-hybridized carbons (Fsp3) is 0.500. The van der Waals surface area contributed by atoms with Gasteiger partial charge in [0.2, 0.25) is 0 Å². The molecule has 0 spiro atoms. The third-order valence-electron chi connectivity index (χ3n) is 8.03. The molecule has 0 aromatic heterocycles. The predicted octanol–water partition coefficient (Wildman–Crippen LogP) is 2.30. The van der Waals surface area contributed by atoms with Gasteiger partial charge in [0, 0.05) is 17.8 Å². The van der Waals surface area contributed by atoms with Crippen LogP contribution in [-0.2, 0) is 33.5 Å². The molecule has 1 heterocycles. The Morgan fingerprint density at radius 2 is 1.36 bits per heavy atom. The van der Waals surface area contributed by atoms with E-state index in [0.717, 1.165) is 0 Å². The highest BCUT2D eigenvalue weighted by atomic mass is 16.6. The van der Waals surface area contributed by atoms with Crippen LogP contribution in [0.4, 0.5) is 0 Å². The van der Waals surface area contributed by atoms with Crippen molar-refractivity contribution in [3.05, 3.63) is 48.6 Å². The number of ketones is 5. The van der Waals surface area contributed by atoms with Crippen molar-refractivity contribution < 1.29 is 38.6 Å². The third kappa shape index (κ3) is 3.70. The third-order valence-corrected chi connectivity index (χ3v) is 8.03. The molecular formula is C28H32O8. The number of fused-ring (bicyclic) bond motifs is 3. The zero-order valence-electron chi connectivity index (χ0n) is 21.3. The molecule has 0 aromatic carbocycles. The van der Waals surface area contributed by atoms with Gasteiger partial charge in [-0.3, -0.25) is 28.8 Å². The van der Waals surface area contributed by atoms with E-state index in [1.165, 1.54) is 52.0 Å². The van der Waals surface area contributed by atoms with E-state index in [4.69, 9.17) is 4.74 Å². The molecule has 0 radical (unpaired) electrons. The van der Waals surface area contributed by atoms with Crippen LogP contribution in [-0.4, -0.2) is 51.2 Å². The first-order valence-corrected chi connectivity index (χ1v) is 12.0. The first-order chi connectivity index (χ1) is 16.7. The summed E-state index contributed by atoms with van der Waals surface area (Å²) in [6, 6.07) is 0. The SMILES string of the molecule is C/C=C/C=C/C(=O)C1C(=O)[C@]2(C)C(=O)C(C)(O)[C@H]1[C@H]([C@]1(C)OC(=O)C(C)C1=O)[C@H]2C(=O)/C=C/C=C/C. The number of rotatable bonds is 7. The lowest BCUT2D eigenvalue weighted by Crippen LogP contribution is -2.78. The second-order valence-electron chi connectivity index (χ2n) is 10.2. The molecular weight excluding hydrogens is 464 g/mol. The summed E-state index contributed by atoms with van der Waals surface area (Å²) >= 11 is 0. The van der Waals surface area contributed by atoms with Crippen molar-refractivity contribution in [2.75, 3.05) is 0 Å². The van der Waals surface area contributed by atoms with E-state index in [1.807, 2.05) is 0 Å². The average molecular weight is 497 g/mol. The predicted molar refractivity (Wildman–Crippen MR) is 129 cm³/mol. The number of allylic oxidation sites excluding steroid dienone is 8. The van der Waals surface area contributed by atoms with Crippen molar-refractivity contribution in [3.63, 3.8) is 0 Å². The molecule has 0 aromatic rings. The molecule has 3 unspecified atom stereocenters. The van der Waals surface area contributed by atoms with Gasteiger partial charge in [0.05, 0.1) is 11.3 Å². The van der Waals surface area contributed by atoms with E-state index in [9.17, 15) is 33.9 Å². The fourth-order valence-corrected chi connectivity index (χ4v) is 6.29. The Bertz CT molecular complexity index is 1150.